The number of pyridine rings is 1. The zero-order chi connectivity index (χ0) is 23.8. The molecular weight excluding hydrogens is 428 g/mol. The number of hydrogen-bond acceptors (Lipinski definition) is 5. The van der Waals surface area contributed by atoms with E-state index in [0.717, 1.165) is 36.3 Å². The van der Waals surface area contributed by atoms with Gasteiger partial charge in [0.2, 0.25) is 5.91 Å². The lowest BCUT2D eigenvalue weighted by Crippen LogP contribution is -2.49. The highest BCUT2D eigenvalue weighted by Crippen LogP contribution is 2.18. The summed E-state index contributed by atoms with van der Waals surface area (Å²) < 4.78 is 5.28. The van der Waals surface area contributed by atoms with Crippen LogP contribution in [0.4, 0.5) is 5.82 Å². The van der Waals surface area contributed by atoms with Crippen LogP contribution < -0.4 is 10.2 Å². The maximum absolute atomic E-state index is 12.9. The number of carbonyl (C=O) groups is 2. The molecule has 2 amide bonds. The molecule has 2 heterocycles. The van der Waals surface area contributed by atoms with Crippen molar-refractivity contribution in [2.45, 2.75) is 19.8 Å². The van der Waals surface area contributed by atoms with E-state index >= 15 is 0 Å². The van der Waals surface area contributed by atoms with Gasteiger partial charge in [-0.2, -0.15) is 0 Å². The Hall–Kier alpha value is -3.45. The first-order valence-corrected chi connectivity index (χ1v) is 12.0. The minimum absolute atomic E-state index is 0.125. The third-order valence-corrected chi connectivity index (χ3v) is 6.09. The van der Waals surface area contributed by atoms with Gasteiger partial charge in [-0.1, -0.05) is 42.5 Å². The van der Waals surface area contributed by atoms with Crippen LogP contribution in [0, 0.1) is 0 Å². The van der Waals surface area contributed by atoms with Gasteiger partial charge in [0.05, 0.1) is 12.0 Å². The maximum Gasteiger partial charge on any atom is 0.252 e. The Morgan fingerprint density at radius 2 is 1.79 bits per heavy atom. The van der Waals surface area contributed by atoms with E-state index in [0.29, 0.717) is 44.8 Å². The quantitative estimate of drug-likeness (QED) is 0.496. The van der Waals surface area contributed by atoms with Crippen molar-refractivity contribution in [2.75, 3.05) is 50.8 Å². The number of aromatic nitrogens is 1. The third-order valence-electron chi connectivity index (χ3n) is 6.09. The SMILES string of the molecule is CCOCCCNC(=O)c1ccc(N2CCN(C(=O)Cc3ccc4ccccc4c3)CC2)nc1. The van der Waals surface area contributed by atoms with Crippen LogP contribution >= 0.6 is 0 Å². The Labute approximate surface area is 200 Å². The smallest absolute Gasteiger partial charge is 0.252 e. The largest absolute Gasteiger partial charge is 0.382 e. The number of nitrogens with one attached hydrogen (secondary N) is 1. The molecule has 0 atom stereocenters. The Morgan fingerprint density at radius 1 is 1.00 bits per heavy atom. The molecule has 1 saturated heterocycles. The lowest BCUT2D eigenvalue weighted by Gasteiger charge is -2.35. The van der Waals surface area contributed by atoms with Gasteiger partial charge in [0.15, 0.2) is 0 Å². The Balaban J connectivity index is 1.25. The number of hydrogen-bond donors (Lipinski definition) is 1. The first kappa shape index (κ1) is 23.7. The molecule has 0 saturated carbocycles. The second-order valence-electron chi connectivity index (χ2n) is 8.44. The predicted molar refractivity (Wildman–Crippen MR) is 134 cm³/mol. The molecule has 0 unspecified atom stereocenters. The van der Waals surface area contributed by atoms with Crippen molar-refractivity contribution in [2.24, 2.45) is 0 Å². The fourth-order valence-electron chi connectivity index (χ4n) is 4.15. The van der Waals surface area contributed by atoms with E-state index in [4.69, 9.17) is 4.74 Å². The fourth-order valence-corrected chi connectivity index (χ4v) is 4.15. The molecule has 2 aromatic carbocycles. The van der Waals surface area contributed by atoms with Gasteiger partial charge in [0.25, 0.3) is 5.91 Å². The molecule has 178 valence electrons. The summed E-state index contributed by atoms with van der Waals surface area (Å²) in [5, 5.41) is 5.23. The highest BCUT2D eigenvalue weighted by atomic mass is 16.5. The van der Waals surface area contributed by atoms with Crippen molar-refractivity contribution in [1.82, 2.24) is 15.2 Å². The van der Waals surface area contributed by atoms with E-state index in [1.54, 1.807) is 12.3 Å². The van der Waals surface area contributed by atoms with Gasteiger partial charge < -0.3 is 19.9 Å². The highest BCUT2D eigenvalue weighted by molar-refractivity contribution is 5.94. The van der Waals surface area contributed by atoms with E-state index in [1.807, 2.05) is 36.1 Å². The van der Waals surface area contributed by atoms with E-state index in [-0.39, 0.29) is 11.8 Å². The average molecular weight is 461 g/mol. The summed E-state index contributed by atoms with van der Waals surface area (Å²) in [6.45, 7) is 6.63. The number of piperazine rings is 1. The monoisotopic (exact) mass is 460 g/mol. The number of carbonyl (C=O) groups excluding carboxylic acids is 2. The maximum atomic E-state index is 12.9. The molecule has 1 aliphatic rings. The van der Waals surface area contributed by atoms with Crippen LogP contribution in [0.3, 0.4) is 0 Å². The normalized spacial score (nSPS) is 13.8. The lowest BCUT2D eigenvalue weighted by atomic mass is 10.0. The van der Waals surface area contributed by atoms with E-state index < -0.39 is 0 Å². The zero-order valence-electron chi connectivity index (χ0n) is 19.7. The van der Waals surface area contributed by atoms with Crippen molar-refractivity contribution in [3.8, 4) is 0 Å². The number of ether oxygens (including phenoxy) is 1. The van der Waals surface area contributed by atoms with Crippen molar-refractivity contribution < 1.29 is 14.3 Å². The highest BCUT2D eigenvalue weighted by Gasteiger charge is 2.22. The van der Waals surface area contributed by atoms with Crippen molar-refractivity contribution in [3.05, 3.63) is 71.9 Å². The van der Waals surface area contributed by atoms with Gasteiger partial charge in [-0.25, -0.2) is 4.98 Å². The number of nitrogens with zero attached hydrogens (tertiary/aromatic N) is 3. The summed E-state index contributed by atoms with van der Waals surface area (Å²) in [4.78, 5) is 33.7. The molecule has 0 aliphatic carbocycles. The molecule has 0 bridgehead atoms. The zero-order valence-corrected chi connectivity index (χ0v) is 19.7. The van der Waals surface area contributed by atoms with Crippen molar-refractivity contribution in [1.29, 1.82) is 0 Å². The summed E-state index contributed by atoms with van der Waals surface area (Å²) in [6.07, 6.45) is 2.82. The second kappa shape index (κ2) is 11.6. The Bertz CT molecular complexity index is 1110. The van der Waals surface area contributed by atoms with Crippen LogP contribution in [0.15, 0.2) is 60.8 Å². The van der Waals surface area contributed by atoms with E-state index in [9.17, 15) is 9.59 Å². The summed E-state index contributed by atoms with van der Waals surface area (Å²) >= 11 is 0. The minimum atomic E-state index is -0.125. The number of anilines is 1. The topological polar surface area (TPSA) is 74.8 Å². The summed E-state index contributed by atoms with van der Waals surface area (Å²) in [6, 6.07) is 18.1. The number of fused-ring (bicyclic) bond motifs is 1. The molecule has 1 aromatic heterocycles. The molecular formula is C27H32N4O3. The molecule has 3 aromatic rings. The van der Waals surface area contributed by atoms with Gasteiger partial charge in [0, 0.05) is 52.1 Å². The molecule has 7 nitrogen and oxygen atoms in total. The predicted octanol–water partition coefficient (Wildman–Crippen LogP) is 3.28. The number of benzene rings is 2. The molecule has 1 aliphatic heterocycles. The second-order valence-corrected chi connectivity index (χ2v) is 8.44. The summed E-state index contributed by atoms with van der Waals surface area (Å²) in [5.41, 5.74) is 1.59. The number of amides is 2. The van der Waals surface area contributed by atoms with Gasteiger partial charge in [-0.3, -0.25) is 9.59 Å². The van der Waals surface area contributed by atoms with Crippen LogP contribution in [0.2, 0.25) is 0 Å². The molecule has 34 heavy (non-hydrogen) atoms. The van der Waals surface area contributed by atoms with Crippen molar-refractivity contribution >= 4 is 28.4 Å². The minimum Gasteiger partial charge on any atom is -0.382 e. The van der Waals surface area contributed by atoms with Gasteiger partial charge in [0.1, 0.15) is 5.82 Å². The van der Waals surface area contributed by atoms with Crippen LogP contribution in [0.5, 0.6) is 0 Å². The number of rotatable bonds is 9. The standard InChI is InChI=1S/C27H32N4O3/c1-2-34-17-5-12-28-27(33)24-10-11-25(29-20-24)30-13-15-31(16-14-30)26(32)19-21-8-9-22-6-3-4-7-23(22)18-21/h3-4,6-11,18,20H,2,5,12-17,19H2,1H3,(H,28,33). The van der Waals surface area contributed by atoms with Gasteiger partial charge >= 0.3 is 0 Å². The Morgan fingerprint density at radius 3 is 2.53 bits per heavy atom. The lowest BCUT2D eigenvalue weighted by molar-refractivity contribution is -0.130. The third kappa shape index (κ3) is 6.11. The van der Waals surface area contributed by atoms with Gasteiger partial charge in [-0.15, -0.1) is 0 Å². The van der Waals surface area contributed by atoms with Crippen LogP contribution in [-0.2, 0) is 16.0 Å². The van der Waals surface area contributed by atoms with Crippen LogP contribution in [0.1, 0.15) is 29.3 Å². The van der Waals surface area contributed by atoms with E-state index in [1.165, 1.54) is 5.39 Å². The fraction of sp³-hybridized carbons (Fsp3) is 0.370. The van der Waals surface area contributed by atoms with Crippen LogP contribution in [-0.4, -0.2) is 67.6 Å². The summed E-state index contributed by atoms with van der Waals surface area (Å²) in [7, 11) is 0. The molecule has 1 N–H and O–H groups in total. The molecule has 4 rings (SSSR count). The van der Waals surface area contributed by atoms with Crippen LogP contribution in [0.25, 0.3) is 10.8 Å². The Kier molecular flexibility index (Phi) is 8.09. The summed E-state index contributed by atoms with van der Waals surface area (Å²) in [5.74, 6) is 0.855. The molecule has 0 spiro atoms. The van der Waals surface area contributed by atoms with Crippen molar-refractivity contribution in [3.63, 3.8) is 0 Å². The molecule has 7 heteroatoms. The average Bonchev–Trinajstić information content (AvgIpc) is 2.88. The van der Waals surface area contributed by atoms with Gasteiger partial charge in [-0.05, 0) is 41.8 Å². The first-order valence-electron chi connectivity index (χ1n) is 12.0. The first-order chi connectivity index (χ1) is 16.6. The molecule has 0 radical (unpaired) electrons. The van der Waals surface area contributed by atoms with E-state index in [2.05, 4.69) is 39.5 Å². The molecule has 1 fully saturated rings.